The van der Waals surface area contributed by atoms with Gasteiger partial charge in [-0.25, -0.2) is 4.98 Å². The van der Waals surface area contributed by atoms with E-state index in [-0.39, 0.29) is 17.5 Å². The number of amides is 1. The van der Waals surface area contributed by atoms with Crippen LogP contribution in [-0.4, -0.2) is 34.6 Å². The van der Waals surface area contributed by atoms with Crippen LogP contribution >= 0.6 is 11.3 Å². The second-order valence-corrected chi connectivity index (χ2v) is 6.62. The minimum atomic E-state index is -0.234. The number of carbonyl (C=O) groups excluding carboxylic acids is 1. The lowest BCUT2D eigenvalue weighted by molar-refractivity contribution is 0.0937. The standard InChI is InChI=1S/C16H17N5O2S/c1-20-7-5-18-14(16(20)23)21-6-2-3-12(10-21)19-15(22)13-11(9-17)4-8-24-13/h4-5,7-8,12H,2-3,6,10H2,1H3,(H,19,22). The highest BCUT2D eigenvalue weighted by molar-refractivity contribution is 7.12. The average Bonchev–Trinajstić information content (AvgIpc) is 3.06. The van der Waals surface area contributed by atoms with Crippen LogP contribution in [0.25, 0.3) is 0 Å². The highest BCUT2D eigenvalue weighted by atomic mass is 32.1. The third-order valence-electron chi connectivity index (χ3n) is 4.05. The van der Waals surface area contributed by atoms with E-state index in [0.717, 1.165) is 19.4 Å². The van der Waals surface area contributed by atoms with Gasteiger partial charge in [0.2, 0.25) is 0 Å². The van der Waals surface area contributed by atoms with Crippen LogP contribution in [0.4, 0.5) is 5.82 Å². The maximum atomic E-state index is 12.4. The maximum Gasteiger partial charge on any atom is 0.293 e. The van der Waals surface area contributed by atoms with Crippen LogP contribution in [0.5, 0.6) is 0 Å². The molecule has 2 aromatic heterocycles. The van der Waals surface area contributed by atoms with Crippen LogP contribution in [-0.2, 0) is 7.05 Å². The van der Waals surface area contributed by atoms with Crippen molar-refractivity contribution in [2.45, 2.75) is 18.9 Å². The Morgan fingerprint density at radius 3 is 3.17 bits per heavy atom. The first kappa shape index (κ1) is 16.2. The molecule has 0 aromatic carbocycles. The molecular weight excluding hydrogens is 326 g/mol. The number of nitriles is 1. The molecule has 1 aliphatic heterocycles. The summed E-state index contributed by atoms with van der Waals surface area (Å²) in [7, 11) is 1.69. The number of thiophene rings is 1. The number of hydrogen-bond acceptors (Lipinski definition) is 6. The van der Waals surface area contributed by atoms with E-state index in [4.69, 9.17) is 5.26 Å². The van der Waals surface area contributed by atoms with Crippen LogP contribution in [0.2, 0.25) is 0 Å². The highest BCUT2D eigenvalue weighted by Gasteiger charge is 2.25. The first-order valence-electron chi connectivity index (χ1n) is 7.65. The normalized spacial score (nSPS) is 17.3. The Labute approximate surface area is 143 Å². The number of rotatable bonds is 3. The molecule has 0 spiro atoms. The summed E-state index contributed by atoms with van der Waals surface area (Å²) in [5, 5.41) is 13.7. The lowest BCUT2D eigenvalue weighted by Gasteiger charge is -2.33. The molecule has 0 saturated carbocycles. The summed E-state index contributed by atoms with van der Waals surface area (Å²) in [6, 6.07) is 3.59. The second-order valence-electron chi connectivity index (χ2n) is 5.70. The van der Waals surface area contributed by atoms with Crippen LogP contribution in [0.3, 0.4) is 0 Å². The van der Waals surface area contributed by atoms with E-state index in [2.05, 4.69) is 10.3 Å². The molecule has 8 heteroatoms. The van der Waals surface area contributed by atoms with Gasteiger partial charge in [-0.05, 0) is 24.3 Å². The largest absolute Gasteiger partial charge is 0.350 e. The summed E-state index contributed by atoms with van der Waals surface area (Å²) in [4.78, 5) is 31.1. The van der Waals surface area contributed by atoms with Crippen molar-refractivity contribution >= 4 is 23.1 Å². The first-order chi connectivity index (χ1) is 11.6. The van der Waals surface area contributed by atoms with Crippen LogP contribution in [0.15, 0.2) is 28.6 Å². The highest BCUT2D eigenvalue weighted by Crippen LogP contribution is 2.18. The number of nitrogens with zero attached hydrogens (tertiary/aromatic N) is 4. The summed E-state index contributed by atoms with van der Waals surface area (Å²) >= 11 is 1.26. The van der Waals surface area contributed by atoms with Crippen molar-refractivity contribution in [1.82, 2.24) is 14.9 Å². The van der Waals surface area contributed by atoms with Gasteiger partial charge in [0.25, 0.3) is 11.5 Å². The number of hydrogen-bond donors (Lipinski definition) is 1. The third kappa shape index (κ3) is 3.16. The Morgan fingerprint density at radius 1 is 1.54 bits per heavy atom. The van der Waals surface area contributed by atoms with Gasteiger partial charge in [0.1, 0.15) is 10.9 Å². The minimum absolute atomic E-state index is 0.0772. The molecule has 0 radical (unpaired) electrons. The number of piperidine rings is 1. The molecule has 1 aliphatic rings. The summed E-state index contributed by atoms with van der Waals surface area (Å²) in [5.41, 5.74) is 0.248. The number of aryl methyl sites for hydroxylation is 1. The van der Waals surface area contributed by atoms with Gasteiger partial charge in [-0.15, -0.1) is 11.3 Å². The molecule has 1 saturated heterocycles. The fourth-order valence-electron chi connectivity index (χ4n) is 2.81. The maximum absolute atomic E-state index is 12.4. The molecule has 24 heavy (non-hydrogen) atoms. The second kappa shape index (κ2) is 6.84. The summed E-state index contributed by atoms with van der Waals surface area (Å²) < 4.78 is 1.50. The molecule has 0 aliphatic carbocycles. The van der Waals surface area contributed by atoms with Gasteiger partial charge in [0, 0.05) is 38.6 Å². The van der Waals surface area contributed by atoms with Crippen LogP contribution in [0, 0.1) is 11.3 Å². The smallest absolute Gasteiger partial charge is 0.293 e. The molecule has 0 bridgehead atoms. The van der Waals surface area contributed by atoms with E-state index in [1.807, 2.05) is 11.0 Å². The third-order valence-corrected chi connectivity index (χ3v) is 4.96. The zero-order chi connectivity index (χ0) is 17.1. The molecule has 1 amide bonds. The van der Waals surface area contributed by atoms with Gasteiger partial charge in [0.15, 0.2) is 5.82 Å². The molecule has 1 N–H and O–H groups in total. The van der Waals surface area contributed by atoms with Crippen LogP contribution in [0.1, 0.15) is 28.1 Å². The van der Waals surface area contributed by atoms with Gasteiger partial charge in [-0.2, -0.15) is 5.26 Å². The van der Waals surface area contributed by atoms with Crippen molar-refractivity contribution in [3.05, 3.63) is 44.6 Å². The molecule has 7 nitrogen and oxygen atoms in total. The molecule has 124 valence electrons. The molecule has 2 aromatic rings. The van der Waals surface area contributed by atoms with E-state index >= 15 is 0 Å². The summed E-state index contributed by atoms with van der Waals surface area (Å²) in [6.45, 7) is 1.27. The van der Waals surface area contributed by atoms with Crippen molar-refractivity contribution in [3.63, 3.8) is 0 Å². The summed E-state index contributed by atoms with van der Waals surface area (Å²) in [5.74, 6) is 0.176. The SMILES string of the molecule is Cn1ccnc(N2CCCC(NC(=O)c3sccc3C#N)C2)c1=O. The topological polar surface area (TPSA) is 91.0 Å². The molecule has 3 heterocycles. The van der Waals surface area contributed by atoms with Gasteiger partial charge >= 0.3 is 0 Å². The first-order valence-corrected chi connectivity index (χ1v) is 8.53. The van der Waals surface area contributed by atoms with Crippen LogP contribution < -0.4 is 15.8 Å². The lowest BCUT2D eigenvalue weighted by Crippen LogP contribution is -2.49. The molecule has 3 rings (SSSR count). The number of carbonyl (C=O) groups is 1. The predicted molar refractivity (Wildman–Crippen MR) is 91.2 cm³/mol. The minimum Gasteiger partial charge on any atom is -0.350 e. The monoisotopic (exact) mass is 343 g/mol. The Bertz CT molecular complexity index is 851. The van der Waals surface area contributed by atoms with Gasteiger partial charge in [-0.3, -0.25) is 9.59 Å². The van der Waals surface area contributed by atoms with Crippen molar-refractivity contribution in [2.75, 3.05) is 18.0 Å². The zero-order valence-corrected chi connectivity index (χ0v) is 14.0. The molecule has 1 atom stereocenters. The Kier molecular flexibility index (Phi) is 4.62. The van der Waals surface area contributed by atoms with E-state index < -0.39 is 0 Å². The van der Waals surface area contributed by atoms with E-state index in [1.165, 1.54) is 15.9 Å². The van der Waals surface area contributed by atoms with E-state index in [1.54, 1.807) is 30.9 Å². The zero-order valence-electron chi connectivity index (χ0n) is 13.2. The Morgan fingerprint density at radius 2 is 2.38 bits per heavy atom. The number of aromatic nitrogens is 2. The molecular formula is C16H17N5O2S. The summed E-state index contributed by atoms with van der Waals surface area (Å²) in [6.07, 6.45) is 4.92. The molecule has 1 fully saturated rings. The predicted octanol–water partition coefficient (Wildman–Crippen LogP) is 1.11. The van der Waals surface area contributed by atoms with Crippen molar-refractivity contribution < 1.29 is 4.79 Å². The van der Waals surface area contributed by atoms with Crippen molar-refractivity contribution in [2.24, 2.45) is 7.05 Å². The Balaban J connectivity index is 1.72. The van der Waals surface area contributed by atoms with E-state index in [0.29, 0.717) is 22.8 Å². The lowest BCUT2D eigenvalue weighted by atomic mass is 10.1. The van der Waals surface area contributed by atoms with E-state index in [9.17, 15) is 9.59 Å². The fraction of sp³-hybridized carbons (Fsp3) is 0.375. The Hall–Kier alpha value is -2.66. The fourth-order valence-corrected chi connectivity index (χ4v) is 3.56. The van der Waals surface area contributed by atoms with Crippen molar-refractivity contribution in [3.8, 4) is 6.07 Å². The number of anilines is 1. The molecule has 1 unspecified atom stereocenters. The quantitative estimate of drug-likeness (QED) is 0.901. The van der Waals surface area contributed by atoms with Crippen molar-refractivity contribution in [1.29, 1.82) is 5.26 Å². The number of nitrogens with one attached hydrogen (secondary N) is 1. The van der Waals surface area contributed by atoms with Gasteiger partial charge < -0.3 is 14.8 Å². The van der Waals surface area contributed by atoms with Gasteiger partial charge in [-0.1, -0.05) is 0 Å². The average molecular weight is 343 g/mol. The van der Waals surface area contributed by atoms with Gasteiger partial charge in [0.05, 0.1) is 5.56 Å².